The topological polar surface area (TPSA) is 64.4 Å². The van der Waals surface area contributed by atoms with E-state index in [0.717, 1.165) is 15.8 Å². The smallest absolute Gasteiger partial charge is 0.252 e. The molecular weight excluding hydrogens is 374 g/mol. The molecule has 1 unspecified atom stereocenters. The molecule has 0 aliphatic carbocycles. The van der Waals surface area contributed by atoms with E-state index in [-0.39, 0.29) is 6.04 Å². The Balaban J connectivity index is 2.10. The van der Waals surface area contributed by atoms with Crippen molar-refractivity contribution in [1.82, 2.24) is 9.21 Å². The number of aryl methyl sites for hydroxylation is 1. The molecule has 0 amide bonds. The molecule has 0 aromatic carbocycles. The molecule has 2 rings (SSSR count). The minimum Gasteiger partial charge on any atom is -0.285 e. The maximum atomic E-state index is 12.6. The Morgan fingerprint density at radius 2 is 2.05 bits per heavy atom. The summed E-state index contributed by atoms with van der Waals surface area (Å²) < 4.78 is 28.0. The quantitative estimate of drug-likeness (QED) is 0.790. The first-order chi connectivity index (χ1) is 9.90. The molecule has 1 fully saturated rings. The number of thiophene rings is 1. The molecule has 116 valence electrons. The van der Waals surface area contributed by atoms with Gasteiger partial charge in [-0.1, -0.05) is 6.92 Å². The fourth-order valence-electron chi connectivity index (χ4n) is 2.37. The van der Waals surface area contributed by atoms with Gasteiger partial charge in [0.25, 0.3) is 10.0 Å². The van der Waals surface area contributed by atoms with Crippen molar-refractivity contribution in [1.29, 1.82) is 5.26 Å². The maximum absolute atomic E-state index is 12.6. The Bertz CT molecular complexity index is 623. The van der Waals surface area contributed by atoms with Crippen molar-refractivity contribution in [2.75, 3.05) is 26.2 Å². The van der Waals surface area contributed by atoms with Crippen LogP contribution in [0.4, 0.5) is 0 Å². The fraction of sp³-hybridized carbons (Fsp3) is 0.615. The zero-order chi connectivity index (χ0) is 15.6. The molecule has 5 nitrogen and oxygen atoms in total. The van der Waals surface area contributed by atoms with Crippen LogP contribution in [0.25, 0.3) is 0 Å². The number of piperazine rings is 1. The van der Waals surface area contributed by atoms with Crippen LogP contribution in [0.1, 0.15) is 18.9 Å². The Hall–Kier alpha value is -0.460. The summed E-state index contributed by atoms with van der Waals surface area (Å²) in [7, 11) is -3.41. The van der Waals surface area contributed by atoms with Crippen molar-refractivity contribution < 1.29 is 8.42 Å². The second-order valence-corrected chi connectivity index (χ2v) is 9.55. The summed E-state index contributed by atoms with van der Waals surface area (Å²) in [4.78, 5) is 2.06. The number of hydrogen-bond acceptors (Lipinski definition) is 5. The van der Waals surface area contributed by atoms with Gasteiger partial charge in [0.2, 0.25) is 0 Å². The molecule has 0 bridgehead atoms. The normalized spacial score (nSPS) is 19.3. The van der Waals surface area contributed by atoms with Gasteiger partial charge in [-0.05, 0) is 40.9 Å². The molecule has 1 aliphatic heterocycles. The van der Waals surface area contributed by atoms with Crippen LogP contribution in [-0.2, 0) is 10.0 Å². The van der Waals surface area contributed by atoms with E-state index in [2.05, 4.69) is 26.9 Å². The average molecular weight is 392 g/mol. The average Bonchev–Trinajstić information content (AvgIpc) is 2.81. The van der Waals surface area contributed by atoms with Gasteiger partial charge in [-0.3, -0.25) is 4.90 Å². The van der Waals surface area contributed by atoms with E-state index >= 15 is 0 Å². The number of nitriles is 1. The van der Waals surface area contributed by atoms with Gasteiger partial charge in [-0.15, -0.1) is 11.3 Å². The molecule has 1 aromatic heterocycles. The summed E-state index contributed by atoms with van der Waals surface area (Å²) in [5.74, 6) is 0. The van der Waals surface area contributed by atoms with Crippen LogP contribution in [-0.4, -0.2) is 49.8 Å². The number of nitrogens with zero attached hydrogens (tertiary/aromatic N) is 3. The van der Waals surface area contributed by atoms with Crippen LogP contribution in [0.15, 0.2) is 14.1 Å². The van der Waals surface area contributed by atoms with Crippen LogP contribution < -0.4 is 0 Å². The molecule has 0 N–H and O–H groups in total. The predicted molar refractivity (Wildman–Crippen MR) is 86.8 cm³/mol. The Morgan fingerprint density at radius 1 is 1.43 bits per heavy atom. The van der Waals surface area contributed by atoms with Gasteiger partial charge in [0.05, 0.1) is 15.9 Å². The lowest BCUT2D eigenvalue weighted by molar-refractivity contribution is 0.159. The summed E-state index contributed by atoms with van der Waals surface area (Å²) in [6, 6.07) is 3.86. The molecule has 21 heavy (non-hydrogen) atoms. The van der Waals surface area contributed by atoms with Crippen LogP contribution >= 0.6 is 27.3 Å². The monoisotopic (exact) mass is 391 g/mol. The molecule has 2 heterocycles. The predicted octanol–water partition coefficient (Wildman–Crippen LogP) is 2.43. The third-order valence-electron chi connectivity index (χ3n) is 3.68. The van der Waals surface area contributed by atoms with Crippen molar-refractivity contribution in [2.24, 2.45) is 0 Å². The maximum Gasteiger partial charge on any atom is 0.252 e. The number of rotatable bonds is 4. The molecule has 1 saturated heterocycles. The second-order valence-electron chi connectivity index (χ2n) is 5.02. The largest absolute Gasteiger partial charge is 0.285 e. The standard InChI is InChI=1S/C13H18BrN3O2S2/c1-3-11(9-15)16-4-6-17(7-5-16)21(18,19)12-8-10(2)13(14)20-12/h8,11H,3-7H2,1-2H3. The van der Waals surface area contributed by atoms with Crippen LogP contribution in [0.2, 0.25) is 0 Å². The molecule has 0 radical (unpaired) electrons. The van der Waals surface area contributed by atoms with Crippen LogP contribution in [0.5, 0.6) is 0 Å². The minimum atomic E-state index is -3.41. The molecular formula is C13H18BrN3O2S2. The van der Waals surface area contributed by atoms with E-state index in [9.17, 15) is 8.42 Å². The highest BCUT2D eigenvalue weighted by atomic mass is 79.9. The van der Waals surface area contributed by atoms with Crippen molar-refractivity contribution in [3.63, 3.8) is 0 Å². The van der Waals surface area contributed by atoms with E-state index < -0.39 is 10.0 Å². The summed E-state index contributed by atoms with van der Waals surface area (Å²) in [6.07, 6.45) is 0.764. The van der Waals surface area contributed by atoms with Crippen molar-refractivity contribution in [2.45, 2.75) is 30.5 Å². The Morgan fingerprint density at radius 3 is 2.48 bits per heavy atom. The lowest BCUT2D eigenvalue weighted by Crippen LogP contribution is -2.51. The van der Waals surface area contributed by atoms with Gasteiger partial charge in [0.1, 0.15) is 4.21 Å². The molecule has 0 saturated carbocycles. The van der Waals surface area contributed by atoms with Crippen molar-refractivity contribution in [3.05, 3.63) is 15.4 Å². The van der Waals surface area contributed by atoms with Crippen LogP contribution in [0.3, 0.4) is 0 Å². The zero-order valence-corrected chi connectivity index (χ0v) is 15.3. The lowest BCUT2D eigenvalue weighted by atomic mass is 10.2. The first kappa shape index (κ1) is 16.9. The van der Waals surface area contributed by atoms with E-state index in [0.29, 0.717) is 30.4 Å². The first-order valence-electron chi connectivity index (χ1n) is 6.80. The highest BCUT2D eigenvalue weighted by Crippen LogP contribution is 2.32. The number of hydrogen-bond donors (Lipinski definition) is 0. The Kier molecular flexibility index (Phi) is 5.43. The van der Waals surface area contributed by atoms with Gasteiger partial charge in [-0.25, -0.2) is 8.42 Å². The Labute approximate surface area is 138 Å². The van der Waals surface area contributed by atoms with Gasteiger partial charge >= 0.3 is 0 Å². The second kappa shape index (κ2) is 6.75. The highest BCUT2D eigenvalue weighted by molar-refractivity contribution is 9.11. The van der Waals surface area contributed by atoms with Crippen molar-refractivity contribution in [3.8, 4) is 6.07 Å². The minimum absolute atomic E-state index is 0.118. The van der Waals surface area contributed by atoms with Gasteiger partial charge in [0.15, 0.2) is 0 Å². The van der Waals surface area contributed by atoms with Crippen molar-refractivity contribution >= 4 is 37.3 Å². The first-order valence-corrected chi connectivity index (χ1v) is 9.84. The molecule has 1 aromatic rings. The summed E-state index contributed by atoms with van der Waals surface area (Å²) in [6.45, 7) is 5.96. The summed E-state index contributed by atoms with van der Waals surface area (Å²) in [5.41, 5.74) is 0.938. The van der Waals surface area contributed by atoms with E-state index in [4.69, 9.17) is 5.26 Å². The van der Waals surface area contributed by atoms with E-state index in [1.807, 2.05) is 13.8 Å². The zero-order valence-electron chi connectivity index (χ0n) is 12.0. The molecule has 8 heteroatoms. The third-order valence-corrected chi connectivity index (χ3v) is 8.16. The summed E-state index contributed by atoms with van der Waals surface area (Å²) >= 11 is 4.62. The third kappa shape index (κ3) is 3.48. The fourth-order valence-corrected chi connectivity index (χ4v) is 6.18. The van der Waals surface area contributed by atoms with Gasteiger partial charge in [0, 0.05) is 26.2 Å². The van der Waals surface area contributed by atoms with E-state index in [1.165, 1.54) is 15.6 Å². The van der Waals surface area contributed by atoms with E-state index in [1.54, 1.807) is 6.07 Å². The molecule has 1 aliphatic rings. The highest BCUT2D eigenvalue weighted by Gasteiger charge is 2.31. The number of halogens is 1. The number of sulfonamides is 1. The van der Waals surface area contributed by atoms with Crippen LogP contribution in [0, 0.1) is 18.3 Å². The van der Waals surface area contributed by atoms with Gasteiger partial charge < -0.3 is 0 Å². The SMILES string of the molecule is CCC(C#N)N1CCN(S(=O)(=O)c2cc(C)c(Br)s2)CC1. The lowest BCUT2D eigenvalue weighted by Gasteiger charge is -2.35. The molecule has 1 atom stereocenters. The summed E-state index contributed by atoms with van der Waals surface area (Å²) in [5, 5.41) is 9.09. The molecule has 0 spiro atoms. The van der Waals surface area contributed by atoms with Gasteiger partial charge in [-0.2, -0.15) is 9.57 Å².